The molecule has 0 saturated heterocycles. The Bertz CT molecular complexity index is 513. The van der Waals surface area contributed by atoms with E-state index in [0.717, 1.165) is 31.4 Å². The van der Waals surface area contributed by atoms with E-state index in [9.17, 15) is 14.7 Å². The van der Waals surface area contributed by atoms with E-state index in [1.165, 1.54) is 0 Å². The number of nitrogens with zero attached hydrogens (tertiary/aromatic N) is 1. The standard InChI is InChI=1S/C13H17N3O3/c17-11(10-7-9(15-16-10)8-3-4-8)14-13(12(18)19)5-1-2-6-13/h7-8H,1-6H2,(H,14,17)(H,15,16)(H,18,19). The van der Waals surface area contributed by atoms with Gasteiger partial charge in [-0.3, -0.25) is 9.89 Å². The van der Waals surface area contributed by atoms with E-state index in [4.69, 9.17) is 0 Å². The van der Waals surface area contributed by atoms with Crippen LogP contribution in [0.1, 0.15) is 60.6 Å². The third kappa shape index (κ3) is 2.22. The van der Waals surface area contributed by atoms with Crippen LogP contribution in [0.4, 0.5) is 0 Å². The van der Waals surface area contributed by atoms with Gasteiger partial charge in [-0.25, -0.2) is 4.79 Å². The van der Waals surface area contributed by atoms with Crippen molar-refractivity contribution >= 4 is 11.9 Å². The number of carbonyl (C=O) groups excluding carboxylic acids is 1. The van der Waals surface area contributed by atoms with Crippen LogP contribution in [0, 0.1) is 0 Å². The van der Waals surface area contributed by atoms with E-state index in [2.05, 4.69) is 15.5 Å². The number of hydrogen-bond acceptors (Lipinski definition) is 3. The van der Waals surface area contributed by atoms with Crippen LogP contribution in [0.5, 0.6) is 0 Å². The number of aromatic nitrogens is 2. The van der Waals surface area contributed by atoms with Crippen molar-refractivity contribution in [3.63, 3.8) is 0 Å². The van der Waals surface area contributed by atoms with Gasteiger partial charge in [0, 0.05) is 11.6 Å². The van der Waals surface area contributed by atoms with Crippen molar-refractivity contribution in [1.29, 1.82) is 0 Å². The van der Waals surface area contributed by atoms with E-state index in [-0.39, 0.29) is 5.69 Å². The van der Waals surface area contributed by atoms with E-state index in [1.807, 2.05) is 0 Å². The molecule has 1 amide bonds. The summed E-state index contributed by atoms with van der Waals surface area (Å²) in [6.45, 7) is 0. The van der Waals surface area contributed by atoms with Crippen LogP contribution in [-0.4, -0.2) is 32.7 Å². The lowest BCUT2D eigenvalue weighted by atomic mass is 9.97. The highest BCUT2D eigenvalue weighted by atomic mass is 16.4. The molecule has 0 bridgehead atoms. The first-order valence-electron chi connectivity index (χ1n) is 6.72. The fourth-order valence-electron chi connectivity index (χ4n) is 2.71. The summed E-state index contributed by atoms with van der Waals surface area (Å²) in [6, 6.07) is 1.73. The Kier molecular flexibility index (Phi) is 2.80. The van der Waals surface area contributed by atoms with Crippen LogP contribution < -0.4 is 5.32 Å². The Morgan fingerprint density at radius 1 is 1.37 bits per heavy atom. The largest absolute Gasteiger partial charge is 0.480 e. The highest BCUT2D eigenvalue weighted by Crippen LogP contribution is 2.39. The lowest BCUT2D eigenvalue weighted by Crippen LogP contribution is -2.52. The minimum Gasteiger partial charge on any atom is -0.480 e. The molecule has 2 fully saturated rings. The molecule has 2 aliphatic carbocycles. The minimum absolute atomic E-state index is 0.287. The minimum atomic E-state index is -1.10. The number of rotatable bonds is 4. The van der Waals surface area contributed by atoms with Gasteiger partial charge in [0.1, 0.15) is 11.2 Å². The first-order valence-corrected chi connectivity index (χ1v) is 6.72. The molecule has 0 atom stereocenters. The molecular formula is C13H17N3O3. The van der Waals surface area contributed by atoms with Crippen LogP contribution in [-0.2, 0) is 4.79 Å². The lowest BCUT2D eigenvalue weighted by Gasteiger charge is -2.24. The summed E-state index contributed by atoms with van der Waals surface area (Å²) < 4.78 is 0. The Balaban J connectivity index is 1.73. The SMILES string of the molecule is O=C(NC1(C(=O)O)CCCC1)c1cc(C2CC2)[nH]n1. The number of H-pyrrole nitrogens is 1. The number of aliphatic carboxylic acids is 1. The van der Waals surface area contributed by atoms with Crippen molar-refractivity contribution < 1.29 is 14.7 Å². The maximum atomic E-state index is 12.1. The molecule has 6 nitrogen and oxygen atoms in total. The second-order valence-corrected chi connectivity index (χ2v) is 5.53. The van der Waals surface area contributed by atoms with Crippen LogP contribution in [0.15, 0.2) is 6.07 Å². The predicted octanol–water partition coefficient (Wildman–Crippen LogP) is 1.41. The zero-order valence-electron chi connectivity index (χ0n) is 10.6. The number of carbonyl (C=O) groups is 2. The maximum absolute atomic E-state index is 12.1. The van der Waals surface area contributed by atoms with Crippen molar-refractivity contribution in [2.45, 2.75) is 50.0 Å². The molecule has 0 aliphatic heterocycles. The summed E-state index contributed by atoms with van der Waals surface area (Å²) in [5, 5.41) is 18.8. The van der Waals surface area contributed by atoms with Gasteiger partial charge in [-0.1, -0.05) is 12.8 Å². The molecule has 0 radical (unpaired) electrons. The quantitative estimate of drug-likeness (QED) is 0.765. The van der Waals surface area contributed by atoms with Crippen molar-refractivity contribution in [3.05, 3.63) is 17.5 Å². The lowest BCUT2D eigenvalue weighted by molar-refractivity contribution is -0.144. The van der Waals surface area contributed by atoms with Crippen LogP contribution in [0.25, 0.3) is 0 Å². The van der Waals surface area contributed by atoms with Crippen LogP contribution in [0.2, 0.25) is 0 Å². The van der Waals surface area contributed by atoms with Crippen molar-refractivity contribution in [2.75, 3.05) is 0 Å². The molecule has 6 heteroatoms. The Morgan fingerprint density at radius 2 is 2.05 bits per heavy atom. The zero-order valence-corrected chi connectivity index (χ0v) is 10.6. The van der Waals surface area contributed by atoms with Gasteiger partial charge in [-0.05, 0) is 31.7 Å². The topological polar surface area (TPSA) is 95.1 Å². The Labute approximate surface area is 110 Å². The summed E-state index contributed by atoms with van der Waals surface area (Å²) in [6.07, 6.45) is 4.91. The van der Waals surface area contributed by atoms with E-state index in [1.54, 1.807) is 6.07 Å². The highest BCUT2D eigenvalue weighted by Gasteiger charge is 2.43. The summed E-state index contributed by atoms with van der Waals surface area (Å²) in [5.74, 6) is -0.849. The molecule has 0 spiro atoms. The van der Waals surface area contributed by atoms with Crippen LogP contribution >= 0.6 is 0 Å². The monoisotopic (exact) mass is 263 g/mol. The number of nitrogens with one attached hydrogen (secondary N) is 2. The molecule has 1 heterocycles. The molecule has 3 N–H and O–H groups in total. The van der Waals surface area contributed by atoms with Gasteiger partial charge in [-0.2, -0.15) is 5.10 Å². The summed E-state index contributed by atoms with van der Waals surface area (Å²) in [4.78, 5) is 23.5. The van der Waals surface area contributed by atoms with Crippen molar-refractivity contribution in [1.82, 2.24) is 15.5 Å². The molecule has 2 aliphatic rings. The highest BCUT2D eigenvalue weighted by molar-refractivity contribution is 5.96. The van der Waals surface area contributed by atoms with Crippen molar-refractivity contribution in [2.24, 2.45) is 0 Å². The Morgan fingerprint density at radius 3 is 2.63 bits per heavy atom. The maximum Gasteiger partial charge on any atom is 0.329 e. The predicted molar refractivity (Wildman–Crippen MR) is 66.9 cm³/mol. The fourth-order valence-corrected chi connectivity index (χ4v) is 2.71. The summed E-state index contributed by atoms with van der Waals surface area (Å²) in [7, 11) is 0. The molecule has 3 rings (SSSR count). The molecule has 1 aromatic heterocycles. The first kappa shape index (κ1) is 12.2. The smallest absolute Gasteiger partial charge is 0.329 e. The molecule has 0 aromatic carbocycles. The third-order valence-corrected chi connectivity index (χ3v) is 4.07. The summed E-state index contributed by atoms with van der Waals surface area (Å²) >= 11 is 0. The van der Waals surface area contributed by atoms with Gasteiger partial charge in [0.15, 0.2) is 0 Å². The third-order valence-electron chi connectivity index (χ3n) is 4.07. The summed E-state index contributed by atoms with van der Waals surface area (Å²) in [5.41, 5.74) is 0.158. The number of amides is 1. The van der Waals surface area contributed by atoms with E-state index in [0.29, 0.717) is 18.8 Å². The molecule has 0 unspecified atom stereocenters. The average molecular weight is 263 g/mol. The second kappa shape index (κ2) is 4.36. The van der Waals surface area contributed by atoms with Crippen molar-refractivity contribution in [3.8, 4) is 0 Å². The molecular weight excluding hydrogens is 246 g/mol. The van der Waals surface area contributed by atoms with Gasteiger partial charge >= 0.3 is 5.97 Å². The molecule has 19 heavy (non-hydrogen) atoms. The van der Waals surface area contributed by atoms with Gasteiger partial charge in [-0.15, -0.1) is 0 Å². The average Bonchev–Trinajstić information content (AvgIpc) is 2.93. The van der Waals surface area contributed by atoms with E-state index < -0.39 is 17.4 Å². The number of carboxylic acid groups (broad SMARTS) is 1. The Hall–Kier alpha value is -1.85. The number of hydrogen-bond donors (Lipinski definition) is 3. The van der Waals surface area contributed by atoms with Gasteiger partial charge in [0.25, 0.3) is 5.91 Å². The first-order chi connectivity index (χ1) is 9.11. The fraction of sp³-hybridized carbons (Fsp3) is 0.615. The molecule has 1 aromatic rings. The number of aromatic amines is 1. The zero-order chi connectivity index (χ0) is 13.5. The van der Waals surface area contributed by atoms with Gasteiger partial charge < -0.3 is 10.4 Å². The molecule has 2 saturated carbocycles. The van der Waals surface area contributed by atoms with Crippen LogP contribution in [0.3, 0.4) is 0 Å². The molecule has 102 valence electrons. The second-order valence-electron chi connectivity index (χ2n) is 5.53. The normalized spacial score (nSPS) is 21.3. The van der Waals surface area contributed by atoms with Gasteiger partial charge in [0.05, 0.1) is 0 Å². The van der Waals surface area contributed by atoms with E-state index >= 15 is 0 Å². The number of carboxylic acids is 1. The van der Waals surface area contributed by atoms with Gasteiger partial charge in [0.2, 0.25) is 0 Å².